The average molecular weight is 240 g/mol. The number of aliphatic hydroxyl groups excluding tert-OH is 1. The number of rotatable bonds is 8. The molecule has 17 heavy (non-hydrogen) atoms. The largest absolute Gasteiger partial charge is 0.512 e. The molecular formula is C15H28O2. The van der Waals surface area contributed by atoms with Crippen molar-refractivity contribution >= 4 is 5.78 Å². The van der Waals surface area contributed by atoms with Gasteiger partial charge in [0.1, 0.15) is 5.76 Å². The first-order valence-electron chi connectivity index (χ1n) is 6.90. The van der Waals surface area contributed by atoms with Crippen molar-refractivity contribution in [3.63, 3.8) is 0 Å². The molecule has 0 fully saturated rings. The minimum Gasteiger partial charge on any atom is -0.512 e. The topological polar surface area (TPSA) is 37.3 Å². The molecule has 0 aliphatic carbocycles. The quantitative estimate of drug-likeness (QED) is 0.495. The summed E-state index contributed by atoms with van der Waals surface area (Å²) in [6.45, 7) is 10.2. The van der Waals surface area contributed by atoms with Crippen LogP contribution >= 0.6 is 0 Å². The second-order valence-corrected chi connectivity index (χ2v) is 5.11. The third-order valence-corrected chi connectivity index (χ3v) is 3.87. The zero-order valence-corrected chi connectivity index (χ0v) is 12.0. The molecule has 0 aliphatic heterocycles. The summed E-state index contributed by atoms with van der Waals surface area (Å²) >= 11 is 0. The third-order valence-electron chi connectivity index (χ3n) is 3.87. The Bertz CT molecular complexity index is 264. The van der Waals surface area contributed by atoms with Crippen molar-refractivity contribution < 1.29 is 9.90 Å². The fourth-order valence-corrected chi connectivity index (χ4v) is 2.16. The second kappa shape index (κ2) is 7.52. The number of carbonyl (C=O) groups is 1. The van der Waals surface area contributed by atoms with Crippen LogP contribution in [0.5, 0.6) is 0 Å². The minimum absolute atomic E-state index is 0.0554. The van der Waals surface area contributed by atoms with Crippen LogP contribution in [-0.2, 0) is 4.79 Å². The van der Waals surface area contributed by atoms with E-state index < -0.39 is 0 Å². The molecule has 0 saturated carbocycles. The summed E-state index contributed by atoms with van der Waals surface area (Å²) in [5.74, 6) is 0.391. The van der Waals surface area contributed by atoms with Crippen molar-refractivity contribution in [2.24, 2.45) is 11.3 Å². The molecule has 2 nitrogen and oxygen atoms in total. The molecule has 100 valence electrons. The normalized spacial score (nSPS) is 16.0. The van der Waals surface area contributed by atoms with Crippen LogP contribution in [0.15, 0.2) is 11.8 Å². The van der Waals surface area contributed by atoms with Crippen LogP contribution in [0.4, 0.5) is 0 Å². The Morgan fingerprint density at radius 1 is 1.24 bits per heavy atom. The van der Waals surface area contributed by atoms with Gasteiger partial charge in [-0.15, -0.1) is 0 Å². The number of allylic oxidation sites excluding steroid dienone is 2. The molecule has 0 aliphatic rings. The van der Waals surface area contributed by atoms with Gasteiger partial charge in [0.25, 0.3) is 0 Å². The summed E-state index contributed by atoms with van der Waals surface area (Å²) in [5, 5.41) is 10.1. The standard InChI is InChI=1S/C15H28O2/c1-6-10-15(5,9-4)14(17)11-13(16)12(7-2)8-3/h11-12,17H,6-10H2,1-5H3/b14-11-. The highest BCUT2D eigenvalue weighted by atomic mass is 16.3. The van der Waals surface area contributed by atoms with Crippen LogP contribution in [0, 0.1) is 11.3 Å². The van der Waals surface area contributed by atoms with Crippen molar-refractivity contribution in [1.82, 2.24) is 0 Å². The van der Waals surface area contributed by atoms with E-state index in [1.54, 1.807) is 0 Å². The molecule has 0 aromatic heterocycles. The summed E-state index contributed by atoms with van der Waals surface area (Å²) in [7, 11) is 0. The molecule has 0 bridgehead atoms. The Kier molecular flexibility index (Phi) is 7.17. The van der Waals surface area contributed by atoms with Crippen LogP contribution in [0.1, 0.15) is 66.7 Å². The molecule has 0 radical (unpaired) electrons. The Balaban J connectivity index is 4.87. The fraction of sp³-hybridized carbons (Fsp3) is 0.800. The van der Waals surface area contributed by atoms with E-state index in [-0.39, 0.29) is 22.9 Å². The van der Waals surface area contributed by atoms with Crippen LogP contribution < -0.4 is 0 Å². The number of carbonyl (C=O) groups excluding carboxylic acids is 1. The number of aliphatic hydroxyl groups is 1. The maximum Gasteiger partial charge on any atom is 0.162 e. The van der Waals surface area contributed by atoms with Crippen molar-refractivity contribution in [2.75, 3.05) is 0 Å². The maximum absolute atomic E-state index is 11.9. The Labute approximate surface area is 106 Å². The van der Waals surface area contributed by atoms with Crippen molar-refractivity contribution in [2.45, 2.75) is 66.7 Å². The van der Waals surface area contributed by atoms with E-state index in [4.69, 9.17) is 0 Å². The van der Waals surface area contributed by atoms with Gasteiger partial charge < -0.3 is 5.11 Å². The molecule has 0 aromatic carbocycles. The lowest BCUT2D eigenvalue weighted by atomic mass is 9.80. The average Bonchev–Trinajstić information content (AvgIpc) is 2.30. The monoisotopic (exact) mass is 240 g/mol. The minimum atomic E-state index is -0.240. The van der Waals surface area contributed by atoms with Gasteiger partial charge >= 0.3 is 0 Å². The number of hydrogen-bond acceptors (Lipinski definition) is 2. The molecular weight excluding hydrogens is 212 g/mol. The van der Waals surface area contributed by atoms with E-state index >= 15 is 0 Å². The Hall–Kier alpha value is -0.790. The summed E-state index contributed by atoms with van der Waals surface area (Å²) < 4.78 is 0. The predicted octanol–water partition coefficient (Wildman–Crippen LogP) is 4.65. The highest BCUT2D eigenvalue weighted by Crippen LogP contribution is 2.34. The first-order chi connectivity index (χ1) is 7.95. The van der Waals surface area contributed by atoms with Gasteiger partial charge in [-0.2, -0.15) is 0 Å². The van der Waals surface area contributed by atoms with Gasteiger partial charge in [0.15, 0.2) is 5.78 Å². The van der Waals surface area contributed by atoms with Gasteiger partial charge in [-0.1, -0.05) is 41.0 Å². The van der Waals surface area contributed by atoms with Crippen LogP contribution in [0.3, 0.4) is 0 Å². The second-order valence-electron chi connectivity index (χ2n) is 5.11. The molecule has 0 saturated heterocycles. The van der Waals surface area contributed by atoms with E-state index in [0.29, 0.717) is 0 Å². The van der Waals surface area contributed by atoms with Gasteiger partial charge in [0.2, 0.25) is 0 Å². The molecule has 0 rings (SSSR count). The van der Waals surface area contributed by atoms with E-state index in [1.807, 2.05) is 20.8 Å². The first-order valence-corrected chi connectivity index (χ1v) is 6.90. The molecule has 1 N–H and O–H groups in total. The fourth-order valence-electron chi connectivity index (χ4n) is 2.16. The van der Waals surface area contributed by atoms with Gasteiger partial charge in [-0.3, -0.25) is 4.79 Å². The van der Waals surface area contributed by atoms with E-state index in [9.17, 15) is 9.90 Å². The van der Waals surface area contributed by atoms with Gasteiger partial charge in [-0.25, -0.2) is 0 Å². The van der Waals surface area contributed by atoms with Crippen molar-refractivity contribution in [3.05, 3.63) is 11.8 Å². The van der Waals surface area contributed by atoms with Gasteiger partial charge in [0.05, 0.1) is 0 Å². The molecule has 0 heterocycles. The third kappa shape index (κ3) is 4.53. The lowest BCUT2D eigenvalue weighted by Crippen LogP contribution is -2.20. The van der Waals surface area contributed by atoms with Crippen molar-refractivity contribution in [3.8, 4) is 0 Å². The lowest BCUT2D eigenvalue weighted by molar-refractivity contribution is -0.118. The van der Waals surface area contributed by atoms with Crippen LogP contribution in [0.25, 0.3) is 0 Å². The predicted molar refractivity (Wildman–Crippen MR) is 73.1 cm³/mol. The van der Waals surface area contributed by atoms with E-state index in [1.165, 1.54) is 6.08 Å². The number of ketones is 1. The highest BCUT2D eigenvalue weighted by Gasteiger charge is 2.27. The summed E-state index contributed by atoms with van der Waals surface area (Å²) in [6.07, 6.45) is 5.95. The van der Waals surface area contributed by atoms with Crippen molar-refractivity contribution in [1.29, 1.82) is 0 Å². The van der Waals surface area contributed by atoms with E-state index in [0.717, 1.165) is 32.1 Å². The molecule has 0 spiro atoms. The highest BCUT2D eigenvalue weighted by molar-refractivity contribution is 5.92. The molecule has 0 amide bonds. The smallest absolute Gasteiger partial charge is 0.162 e. The molecule has 2 heteroatoms. The Morgan fingerprint density at radius 2 is 1.76 bits per heavy atom. The first kappa shape index (κ1) is 16.2. The molecule has 1 unspecified atom stereocenters. The number of hydrogen-bond donors (Lipinski definition) is 1. The zero-order valence-electron chi connectivity index (χ0n) is 12.0. The summed E-state index contributed by atoms with van der Waals surface area (Å²) in [6, 6.07) is 0. The molecule has 1 atom stereocenters. The van der Waals surface area contributed by atoms with Crippen LogP contribution in [0.2, 0.25) is 0 Å². The maximum atomic E-state index is 11.9. The zero-order chi connectivity index (χ0) is 13.5. The van der Waals surface area contributed by atoms with E-state index in [2.05, 4.69) is 13.8 Å². The lowest BCUT2D eigenvalue weighted by Gasteiger charge is -2.27. The van der Waals surface area contributed by atoms with Crippen LogP contribution in [-0.4, -0.2) is 10.9 Å². The van der Waals surface area contributed by atoms with Gasteiger partial charge in [-0.05, 0) is 25.7 Å². The SMILES string of the molecule is CCCC(C)(CC)/C(O)=C/C(=O)C(CC)CC. The Morgan fingerprint density at radius 3 is 2.12 bits per heavy atom. The van der Waals surface area contributed by atoms with Gasteiger partial charge in [0, 0.05) is 17.4 Å². The summed E-state index contributed by atoms with van der Waals surface area (Å²) in [4.78, 5) is 11.9. The molecule has 0 aromatic rings. The summed E-state index contributed by atoms with van der Waals surface area (Å²) in [5.41, 5.74) is -0.240.